The highest BCUT2D eigenvalue weighted by molar-refractivity contribution is 5.93. The molecule has 0 aromatic heterocycles. The van der Waals surface area contributed by atoms with Crippen LogP contribution < -0.4 is 0 Å². The van der Waals surface area contributed by atoms with Crippen LogP contribution in [0.2, 0.25) is 0 Å². The number of benzene rings is 1. The molecule has 2 saturated carbocycles. The van der Waals surface area contributed by atoms with E-state index in [4.69, 9.17) is 4.74 Å². The van der Waals surface area contributed by atoms with E-state index in [1.54, 1.807) is 17.7 Å². The Balaban J connectivity index is 1.48. The van der Waals surface area contributed by atoms with Crippen LogP contribution in [0.5, 0.6) is 0 Å². The zero-order valence-corrected chi connectivity index (χ0v) is 18.2. The first-order valence-corrected chi connectivity index (χ1v) is 11.6. The minimum absolute atomic E-state index is 0.201. The van der Waals surface area contributed by atoms with E-state index in [-0.39, 0.29) is 23.6 Å². The molecule has 2 fully saturated rings. The van der Waals surface area contributed by atoms with Crippen molar-refractivity contribution in [3.63, 3.8) is 0 Å². The number of nitrogens with zero attached hydrogens (tertiary/aromatic N) is 1. The van der Waals surface area contributed by atoms with Crippen LogP contribution in [-0.2, 0) is 9.53 Å². The summed E-state index contributed by atoms with van der Waals surface area (Å²) in [6.07, 6.45) is 9.32. The van der Waals surface area contributed by atoms with Crippen LogP contribution in [-0.4, -0.2) is 17.4 Å². The van der Waals surface area contributed by atoms with E-state index in [2.05, 4.69) is 13.0 Å². The van der Waals surface area contributed by atoms with E-state index in [0.29, 0.717) is 23.8 Å². The molecule has 4 aliphatic carbocycles. The third-order valence-corrected chi connectivity index (χ3v) is 8.68. The third-order valence-electron chi connectivity index (χ3n) is 8.68. The van der Waals surface area contributed by atoms with Gasteiger partial charge in [-0.2, -0.15) is 5.26 Å². The van der Waals surface area contributed by atoms with Crippen molar-refractivity contribution < 1.29 is 14.3 Å². The average molecular weight is 416 g/mol. The number of esters is 1. The van der Waals surface area contributed by atoms with E-state index >= 15 is 0 Å². The van der Waals surface area contributed by atoms with Gasteiger partial charge in [-0.15, -0.1) is 0 Å². The summed E-state index contributed by atoms with van der Waals surface area (Å²) in [6.45, 7) is 2.26. The predicted molar refractivity (Wildman–Crippen MR) is 117 cm³/mol. The van der Waals surface area contributed by atoms with Crippen LogP contribution >= 0.6 is 0 Å². The van der Waals surface area contributed by atoms with Crippen molar-refractivity contribution >= 4 is 11.8 Å². The maximum absolute atomic E-state index is 13.0. The second-order valence-electron chi connectivity index (χ2n) is 9.93. The maximum atomic E-state index is 13.0. The van der Waals surface area contributed by atoms with Gasteiger partial charge in [0, 0.05) is 11.8 Å². The molecule has 4 heteroatoms. The molecule has 0 bridgehead atoms. The van der Waals surface area contributed by atoms with Crippen molar-refractivity contribution in [3.05, 3.63) is 58.7 Å². The molecule has 2 unspecified atom stereocenters. The molecular weight excluding hydrogens is 386 g/mol. The number of carbonyl (C=O) groups is 2. The highest BCUT2D eigenvalue weighted by Gasteiger charge is 2.63. The standard InChI is InChI=1S/C27H29NO3/c1-26-13-11-22-21-10-8-20(29)17-19(21)7-9-23(22)24(26)12-14-27(26,15-16-28)31-25(30)18-5-3-2-4-6-18/h2-6,17,23-24H,7-15H2,1H3/t23?,24?,26-,27+/m0/s1. The first-order valence-electron chi connectivity index (χ1n) is 11.6. The number of ether oxygens (including phenoxy) is 1. The van der Waals surface area contributed by atoms with Crippen molar-refractivity contribution in [2.24, 2.45) is 17.3 Å². The highest BCUT2D eigenvalue weighted by Crippen LogP contribution is 2.65. The molecule has 4 aliphatic rings. The molecule has 160 valence electrons. The molecule has 0 radical (unpaired) electrons. The van der Waals surface area contributed by atoms with Crippen LogP contribution in [0, 0.1) is 28.6 Å². The van der Waals surface area contributed by atoms with Gasteiger partial charge in [0.15, 0.2) is 5.78 Å². The zero-order valence-electron chi connectivity index (χ0n) is 18.2. The maximum Gasteiger partial charge on any atom is 0.338 e. The molecule has 31 heavy (non-hydrogen) atoms. The molecule has 1 aromatic carbocycles. The van der Waals surface area contributed by atoms with Crippen molar-refractivity contribution in [1.29, 1.82) is 5.26 Å². The monoisotopic (exact) mass is 415 g/mol. The topological polar surface area (TPSA) is 67.2 Å². The first kappa shape index (κ1) is 20.2. The molecule has 1 aromatic rings. The van der Waals surface area contributed by atoms with Crippen LogP contribution in [0.4, 0.5) is 0 Å². The minimum atomic E-state index is -0.728. The second-order valence-corrected chi connectivity index (χ2v) is 9.93. The molecule has 5 rings (SSSR count). The van der Waals surface area contributed by atoms with E-state index in [0.717, 1.165) is 44.9 Å². The van der Waals surface area contributed by atoms with Crippen molar-refractivity contribution in [3.8, 4) is 6.07 Å². The lowest BCUT2D eigenvalue weighted by Gasteiger charge is -2.52. The molecule has 0 N–H and O–H groups in total. The van der Waals surface area contributed by atoms with Gasteiger partial charge in [0.05, 0.1) is 18.1 Å². The Hall–Kier alpha value is -2.67. The lowest BCUT2D eigenvalue weighted by Crippen LogP contribution is -2.52. The molecule has 0 spiro atoms. The Bertz CT molecular complexity index is 1030. The first-order chi connectivity index (χ1) is 15.0. The van der Waals surface area contributed by atoms with Gasteiger partial charge in [-0.25, -0.2) is 4.79 Å². The van der Waals surface area contributed by atoms with Gasteiger partial charge in [0.25, 0.3) is 0 Å². The van der Waals surface area contributed by atoms with Crippen LogP contribution in [0.3, 0.4) is 0 Å². The summed E-state index contributed by atoms with van der Waals surface area (Å²) >= 11 is 0. The number of hydrogen-bond donors (Lipinski definition) is 0. The van der Waals surface area contributed by atoms with Gasteiger partial charge in [0.2, 0.25) is 0 Å². The normalized spacial score (nSPS) is 34.2. The Morgan fingerprint density at radius 2 is 1.94 bits per heavy atom. The Morgan fingerprint density at radius 1 is 1.13 bits per heavy atom. The number of hydrogen-bond acceptors (Lipinski definition) is 4. The fourth-order valence-electron chi connectivity index (χ4n) is 7.06. The molecule has 4 nitrogen and oxygen atoms in total. The second kappa shape index (κ2) is 7.48. The quantitative estimate of drug-likeness (QED) is 0.594. The van der Waals surface area contributed by atoms with Crippen molar-refractivity contribution in [1.82, 2.24) is 0 Å². The molecule has 4 atom stereocenters. The summed E-state index contributed by atoms with van der Waals surface area (Å²) in [7, 11) is 0. The number of ketones is 1. The van der Waals surface area contributed by atoms with Gasteiger partial charge in [-0.1, -0.05) is 30.7 Å². The van der Waals surface area contributed by atoms with Crippen molar-refractivity contribution in [2.75, 3.05) is 0 Å². The van der Waals surface area contributed by atoms with Crippen LogP contribution in [0.15, 0.2) is 53.1 Å². The van der Waals surface area contributed by atoms with E-state index in [1.165, 1.54) is 11.1 Å². The number of nitriles is 1. The number of fused-ring (bicyclic) bond motifs is 4. The molecule has 0 amide bonds. The van der Waals surface area contributed by atoms with Gasteiger partial charge in [-0.05, 0) is 86.1 Å². The van der Waals surface area contributed by atoms with E-state index in [9.17, 15) is 14.9 Å². The van der Waals surface area contributed by atoms with E-state index in [1.807, 2.05) is 24.3 Å². The summed E-state index contributed by atoms with van der Waals surface area (Å²) in [6, 6.07) is 11.5. The summed E-state index contributed by atoms with van der Waals surface area (Å²) in [5.74, 6) is 0.844. The summed E-state index contributed by atoms with van der Waals surface area (Å²) in [5.41, 5.74) is 3.88. The lowest BCUT2D eigenvalue weighted by atomic mass is 9.54. The fourth-order valence-corrected chi connectivity index (χ4v) is 7.06. The summed E-state index contributed by atoms with van der Waals surface area (Å²) < 4.78 is 6.26. The summed E-state index contributed by atoms with van der Waals surface area (Å²) in [4.78, 5) is 24.9. The van der Waals surface area contributed by atoms with Gasteiger partial charge >= 0.3 is 5.97 Å². The van der Waals surface area contributed by atoms with Gasteiger partial charge in [0.1, 0.15) is 5.60 Å². The smallest absolute Gasteiger partial charge is 0.338 e. The average Bonchev–Trinajstić information content (AvgIpc) is 3.06. The van der Waals surface area contributed by atoms with Gasteiger partial charge in [-0.3, -0.25) is 4.79 Å². The number of allylic oxidation sites excluding steroid dienone is 4. The lowest BCUT2D eigenvalue weighted by molar-refractivity contribution is -0.114. The zero-order chi connectivity index (χ0) is 21.6. The molecule has 0 aliphatic heterocycles. The van der Waals surface area contributed by atoms with Crippen LogP contribution in [0.25, 0.3) is 0 Å². The SMILES string of the molecule is C[C@]12CCC3=C4CCC(=O)C=C4CCC3C1CC[C@]2(CC#N)OC(=O)c1ccccc1. The highest BCUT2D eigenvalue weighted by atomic mass is 16.6. The molecule has 0 saturated heterocycles. The largest absolute Gasteiger partial charge is 0.454 e. The fraction of sp³-hybridized carbons (Fsp3) is 0.519. The van der Waals surface area contributed by atoms with E-state index < -0.39 is 5.60 Å². The predicted octanol–water partition coefficient (Wildman–Crippen LogP) is 5.70. The van der Waals surface area contributed by atoms with Crippen molar-refractivity contribution in [2.45, 2.75) is 70.3 Å². The summed E-state index contributed by atoms with van der Waals surface area (Å²) in [5, 5.41) is 9.70. The number of carbonyl (C=O) groups excluding carboxylic acids is 2. The Morgan fingerprint density at radius 3 is 2.71 bits per heavy atom. The third kappa shape index (κ3) is 3.09. The Labute approximate surface area is 184 Å². The van der Waals surface area contributed by atoms with Gasteiger partial charge < -0.3 is 4.74 Å². The molecular formula is C27H29NO3. The Kier molecular flexibility index (Phi) is 4.88. The molecule has 0 heterocycles. The minimum Gasteiger partial charge on any atom is -0.454 e. The van der Waals surface area contributed by atoms with Crippen LogP contribution in [0.1, 0.15) is 75.1 Å². The number of rotatable bonds is 3.